The molecule has 61 heavy (non-hydrogen) atoms. The number of imide groups is 1. The molecule has 2 aliphatic heterocycles. The van der Waals surface area contributed by atoms with E-state index in [1.165, 1.54) is 44.6 Å². The standard InChI is InChI=1S/C42H50N6O13/c1-4-23-26(59-3)15-27(34-32(23)35(53)24-13-21(7-5-6-12-49)25(17-47-41(44)45-2)36(54)33(24)37(34)55)60-40-38(56)39(57)42(58,28(19-50)61-40)16-22(20-10-11-46-29(43)14-20)18-48-30(51)8-9-31(48)52/h8-11,13-15,22,28,38-40,49-50,54,56-58H,4-7,12,16-19H2,1-3H3,(H2,43,46)(H3,44,45,47)/t22-,28-,38-,39-,40-,42-/m1/s1. The van der Waals surface area contributed by atoms with Crippen LogP contribution in [-0.2, 0) is 33.7 Å². The first kappa shape index (κ1) is 44.6. The molecule has 326 valence electrons. The van der Waals surface area contributed by atoms with Gasteiger partial charge in [0, 0.05) is 79.3 Å². The summed E-state index contributed by atoms with van der Waals surface area (Å²) in [4.78, 5) is 63.2. The quantitative estimate of drug-likeness (QED) is 0.0303. The fraction of sp³-hybridized carbons (Fsp3) is 0.429. The molecular weight excluding hydrogens is 796 g/mol. The molecule has 1 aliphatic carbocycles. The van der Waals surface area contributed by atoms with Crippen LogP contribution in [0.15, 0.2) is 47.6 Å². The molecule has 0 spiro atoms. The first-order valence-corrected chi connectivity index (χ1v) is 19.7. The van der Waals surface area contributed by atoms with Crippen molar-refractivity contribution in [3.63, 3.8) is 0 Å². The number of carbonyl (C=O) groups excluding carboxylic acids is 4. The lowest BCUT2D eigenvalue weighted by atomic mass is 9.75. The SMILES string of the molecule is CCc1c(OC)cc(O[C@@H]2O[C@H](CO)[C@](O)(C[C@H](CN3C(=O)C=CC3=O)c3ccnc(N)c3)[C@H](O)[C@H]2O)c2c1C(=O)c1cc(CCCCO)c(CNC(N)=NC)c(O)c1C2=O. The number of aliphatic imine (C=N–C) groups is 1. The van der Waals surface area contributed by atoms with Crippen molar-refractivity contribution in [2.24, 2.45) is 10.7 Å². The van der Waals surface area contributed by atoms with E-state index < -0.39 is 78.3 Å². The van der Waals surface area contributed by atoms with Crippen LogP contribution in [0.1, 0.15) is 86.2 Å². The Balaban J connectivity index is 1.39. The third-order valence-corrected chi connectivity index (χ3v) is 11.4. The summed E-state index contributed by atoms with van der Waals surface area (Å²) in [5.74, 6) is -4.21. The number of carbonyl (C=O) groups is 4. The number of aryl methyl sites for hydroxylation is 1. The number of aromatic nitrogens is 1. The van der Waals surface area contributed by atoms with Gasteiger partial charge in [-0.1, -0.05) is 6.92 Å². The Hall–Kier alpha value is -5.96. The van der Waals surface area contributed by atoms with Crippen molar-refractivity contribution in [2.75, 3.05) is 39.6 Å². The molecule has 2 aromatic carbocycles. The molecule has 19 heteroatoms. The second kappa shape index (κ2) is 18.3. The van der Waals surface area contributed by atoms with Gasteiger partial charge >= 0.3 is 0 Å². The summed E-state index contributed by atoms with van der Waals surface area (Å²) in [7, 11) is 2.80. The minimum absolute atomic E-state index is 0.0505. The number of nitrogens with one attached hydrogen (secondary N) is 1. The number of nitrogens with two attached hydrogens (primary N) is 2. The van der Waals surface area contributed by atoms with E-state index in [1.54, 1.807) is 6.92 Å². The van der Waals surface area contributed by atoms with E-state index in [4.69, 9.17) is 25.7 Å². The largest absolute Gasteiger partial charge is 0.507 e. The molecule has 6 rings (SSSR count). The summed E-state index contributed by atoms with van der Waals surface area (Å²) in [6.07, 6.45) is -3.24. The number of methoxy groups -OCH3 is 1. The number of pyridine rings is 1. The number of unbranched alkanes of at least 4 members (excludes halogenated alkanes) is 1. The lowest BCUT2D eigenvalue weighted by Crippen LogP contribution is -2.68. The van der Waals surface area contributed by atoms with E-state index in [0.717, 1.165) is 17.1 Å². The monoisotopic (exact) mass is 846 g/mol. The van der Waals surface area contributed by atoms with Crippen molar-refractivity contribution in [3.05, 3.63) is 87.1 Å². The van der Waals surface area contributed by atoms with E-state index in [0.29, 0.717) is 36.0 Å². The minimum atomic E-state index is -2.46. The highest BCUT2D eigenvalue weighted by Gasteiger charge is 2.57. The number of rotatable bonds is 16. The first-order valence-electron chi connectivity index (χ1n) is 19.7. The number of nitrogens with zero attached hydrogens (tertiary/aromatic N) is 3. The van der Waals surface area contributed by atoms with Gasteiger partial charge < -0.3 is 61.6 Å². The number of hydrogen-bond acceptors (Lipinski definition) is 16. The van der Waals surface area contributed by atoms with Crippen LogP contribution in [0.4, 0.5) is 5.82 Å². The number of guanidine groups is 1. The van der Waals surface area contributed by atoms with Crippen LogP contribution in [0.3, 0.4) is 0 Å². The normalized spacial score (nSPS) is 23.0. The van der Waals surface area contributed by atoms with Gasteiger partial charge in [-0.05, 0) is 61.4 Å². The number of hydrogen-bond donors (Lipinski definition) is 9. The zero-order chi connectivity index (χ0) is 44.3. The Labute approximate surface area is 350 Å². The summed E-state index contributed by atoms with van der Waals surface area (Å²) in [5, 5.41) is 70.2. The molecule has 3 heterocycles. The van der Waals surface area contributed by atoms with Crippen LogP contribution in [0.5, 0.6) is 17.2 Å². The number of benzene rings is 2. The number of fused-ring (bicyclic) bond motifs is 2. The number of nitrogen functional groups attached to an aromatic ring is 1. The molecule has 0 bridgehead atoms. The van der Waals surface area contributed by atoms with E-state index in [9.17, 15) is 49.8 Å². The van der Waals surface area contributed by atoms with E-state index in [2.05, 4.69) is 15.3 Å². The molecule has 2 amide bonds. The fourth-order valence-electron chi connectivity index (χ4n) is 8.22. The summed E-state index contributed by atoms with van der Waals surface area (Å²) in [6.45, 7) is 0.367. The van der Waals surface area contributed by atoms with Crippen molar-refractivity contribution in [1.82, 2.24) is 15.2 Å². The van der Waals surface area contributed by atoms with Gasteiger partial charge in [0.15, 0.2) is 11.7 Å². The second-order valence-electron chi connectivity index (χ2n) is 15.0. The van der Waals surface area contributed by atoms with Gasteiger partial charge in [-0.25, -0.2) is 4.98 Å². The molecule has 1 saturated heterocycles. The molecule has 0 saturated carbocycles. The van der Waals surface area contributed by atoms with Gasteiger partial charge in [0.1, 0.15) is 47.0 Å². The van der Waals surface area contributed by atoms with E-state index in [1.807, 2.05) is 0 Å². The third-order valence-electron chi connectivity index (χ3n) is 11.4. The average Bonchev–Trinajstić information content (AvgIpc) is 3.56. The molecule has 0 radical (unpaired) electrons. The maximum absolute atomic E-state index is 14.7. The topological polar surface area (TPSA) is 310 Å². The van der Waals surface area contributed by atoms with Crippen LogP contribution < -0.4 is 26.3 Å². The number of anilines is 1. The number of aliphatic hydroxyl groups excluding tert-OH is 4. The number of amides is 2. The number of aliphatic hydroxyl groups is 5. The lowest BCUT2D eigenvalue weighted by molar-refractivity contribution is -0.315. The predicted molar refractivity (Wildman–Crippen MR) is 217 cm³/mol. The molecule has 1 aromatic heterocycles. The average molecular weight is 847 g/mol. The lowest BCUT2D eigenvalue weighted by Gasteiger charge is -2.49. The van der Waals surface area contributed by atoms with Gasteiger partial charge in [-0.3, -0.25) is 29.1 Å². The van der Waals surface area contributed by atoms with Gasteiger partial charge in [0.05, 0.1) is 24.8 Å². The Morgan fingerprint density at radius 2 is 1.75 bits per heavy atom. The Bertz CT molecular complexity index is 2260. The highest BCUT2D eigenvalue weighted by molar-refractivity contribution is 6.31. The third kappa shape index (κ3) is 8.39. The smallest absolute Gasteiger partial charge is 0.253 e. The van der Waals surface area contributed by atoms with Crippen molar-refractivity contribution in [1.29, 1.82) is 0 Å². The fourth-order valence-corrected chi connectivity index (χ4v) is 8.22. The predicted octanol–water partition coefficient (Wildman–Crippen LogP) is -0.287. The van der Waals surface area contributed by atoms with Gasteiger partial charge in [0.2, 0.25) is 12.1 Å². The summed E-state index contributed by atoms with van der Waals surface area (Å²) in [6, 6.07) is 5.82. The number of aromatic hydroxyl groups is 1. The van der Waals surface area contributed by atoms with Crippen molar-refractivity contribution >= 4 is 35.2 Å². The van der Waals surface area contributed by atoms with Crippen LogP contribution in [0.2, 0.25) is 0 Å². The van der Waals surface area contributed by atoms with E-state index >= 15 is 0 Å². The number of phenols is 1. The molecule has 1 fully saturated rings. The molecule has 11 N–H and O–H groups in total. The molecule has 3 aromatic rings. The highest BCUT2D eigenvalue weighted by atomic mass is 16.7. The first-order chi connectivity index (χ1) is 29.1. The van der Waals surface area contributed by atoms with Gasteiger partial charge in [0.25, 0.3) is 11.8 Å². The van der Waals surface area contributed by atoms with Crippen LogP contribution in [-0.4, -0.2) is 134 Å². The van der Waals surface area contributed by atoms with Crippen molar-refractivity contribution in [3.8, 4) is 17.2 Å². The number of ether oxygens (including phenoxy) is 3. The number of phenolic OH excluding ortho intramolecular Hbond substituents is 1. The zero-order valence-electron chi connectivity index (χ0n) is 33.8. The molecular formula is C42H50N6O13. The zero-order valence-corrected chi connectivity index (χ0v) is 33.8. The van der Waals surface area contributed by atoms with E-state index in [-0.39, 0.29) is 77.2 Å². The van der Waals surface area contributed by atoms with Crippen LogP contribution in [0.25, 0.3) is 0 Å². The van der Waals surface area contributed by atoms with Crippen LogP contribution in [0, 0.1) is 0 Å². The van der Waals surface area contributed by atoms with Crippen LogP contribution >= 0.6 is 0 Å². The minimum Gasteiger partial charge on any atom is -0.507 e. The molecule has 6 atom stereocenters. The van der Waals surface area contributed by atoms with Gasteiger partial charge in [-0.15, -0.1) is 0 Å². The summed E-state index contributed by atoms with van der Waals surface area (Å²) in [5.41, 5.74) is 10.1. The molecule has 3 aliphatic rings. The Morgan fingerprint density at radius 3 is 2.38 bits per heavy atom. The summed E-state index contributed by atoms with van der Waals surface area (Å²) >= 11 is 0. The maximum atomic E-state index is 14.7. The van der Waals surface area contributed by atoms with Crippen molar-refractivity contribution < 1.29 is 64.0 Å². The number of ketones is 2. The summed E-state index contributed by atoms with van der Waals surface area (Å²) < 4.78 is 17.7. The van der Waals surface area contributed by atoms with Crippen molar-refractivity contribution in [2.45, 2.75) is 81.7 Å². The Morgan fingerprint density at radius 1 is 1.03 bits per heavy atom. The van der Waals surface area contributed by atoms with Gasteiger partial charge in [-0.2, -0.15) is 0 Å². The highest BCUT2D eigenvalue weighted by Crippen LogP contribution is 2.46. The second-order valence-corrected chi connectivity index (χ2v) is 15.0. The molecule has 19 nitrogen and oxygen atoms in total. The maximum Gasteiger partial charge on any atom is 0.253 e. The molecule has 0 unspecified atom stereocenters. The Kier molecular flexibility index (Phi) is 13.4.